The summed E-state index contributed by atoms with van der Waals surface area (Å²) >= 11 is 5.89. The Hall–Kier alpha value is -1.80. The van der Waals surface area contributed by atoms with Crippen molar-refractivity contribution in [3.8, 4) is 0 Å². The topological polar surface area (TPSA) is 52.7 Å². The fourth-order valence-electron chi connectivity index (χ4n) is 3.72. The zero-order valence-corrected chi connectivity index (χ0v) is 16.1. The molecule has 1 aromatic carbocycles. The first-order valence-electron chi connectivity index (χ1n) is 9.31. The summed E-state index contributed by atoms with van der Waals surface area (Å²) in [5.41, 5.74) is 1.17. The average Bonchev–Trinajstić information content (AvgIpc) is 2.98. The van der Waals surface area contributed by atoms with E-state index in [-0.39, 0.29) is 24.9 Å². The lowest BCUT2D eigenvalue weighted by atomic mass is 10.0. The standard InChI is InChI=1S/C19H23ClF3N3O2/c20-15-3-1-13(2-4-15)10-25-7-5-16(6-8-25)24-18(28)14-9-17(27)26(11-14)12-19(21,22)23/h1-4,14,16H,5-12H2,(H,24,28)/t14-/m0/s1. The van der Waals surface area contributed by atoms with E-state index in [0.29, 0.717) is 5.02 Å². The van der Waals surface area contributed by atoms with Crippen LogP contribution in [0.2, 0.25) is 5.02 Å². The van der Waals surface area contributed by atoms with Crippen LogP contribution in [0.3, 0.4) is 0 Å². The van der Waals surface area contributed by atoms with Gasteiger partial charge in [-0.15, -0.1) is 0 Å². The first-order chi connectivity index (χ1) is 13.2. The molecule has 3 rings (SSSR count). The highest BCUT2D eigenvalue weighted by Crippen LogP contribution is 2.24. The number of rotatable bonds is 5. The van der Waals surface area contributed by atoms with Crippen LogP contribution in [0, 0.1) is 5.92 Å². The summed E-state index contributed by atoms with van der Waals surface area (Å²) in [5.74, 6) is -1.65. The number of carbonyl (C=O) groups excluding carboxylic acids is 2. The highest BCUT2D eigenvalue weighted by Gasteiger charge is 2.41. The number of alkyl halides is 3. The minimum atomic E-state index is -4.45. The summed E-state index contributed by atoms with van der Waals surface area (Å²) < 4.78 is 37.5. The molecule has 2 heterocycles. The van der Waals surface area contributed by atoms with Crippen LogP contribution in [0.5, 0.6) is 0 Å². The van der Waals surface area contributed by atoms with E-state index in [1.54, 1.807) is 0 Å². The molecule has 2 saturated heterocycles. The maximum atomic E-state index is 12.5. The van der Waals surface area contributed by atoms with E-state index >= 15 is 0 Å². The van der Waals surface area contributed by atoms with E-state index in [0.717, 1.165) is 37.4 Å². The predicted molar refractivity (Wildman–Crippen MR) is 98.6 cm³/mol. The van der Waals surface area contributed by atoms with Gasteiger partial charge in [0.05, 0.1) is 5.92 Å². The number of nitrogens with zero attached hydrogens (tertiary/aromatic N) is 2. The van der Waals surface area contributed by atoms with Crippen molar-refractivity contribution in [2.45, 2.75) is 38.0 Å². The first kappa shape index (κ1) is 20.9. The Morgan fingerprint density at radius 3 is 2.43 bits per heavy atom. The van der Waals surface area contributed by atoms with Crippen LogP contribution < -0.4 is 5.32 Å². The van der Waals surface area contributed by atoms with Gasteiger partial charge in [-0.3, -0.25) is 14.5 Å². The van der Waals surface area contributed by atoms with Crippen molar-refractivity contribution in [1.29, 1.82) is 0 Å². The molecule has 0 radical (unpaired) electrons. The highest BCUT2D eigenvalue weighted by atomic mass is 35.5. The molecule has 0 aromatic heterocycles. The molecule has 2 amide bonds. The van der Waals surface area contributed by atoms with Gasteiger partial charge in [0.1, 0.15) is 6.54 Å². The molecule has 2 fully saturated rings. The van der Waals surface area contributed by atoms with Gasteiger partial charge >= 0.3 is 6.18 Å². The van der Waals surface area contributed by atoms with Gasteiger partial charge in [0, 0.05) is 43.7 Å². The Labute approximate surface area is 166 Å². The first-order valence-corrected chi connectivity index (χ1v) is 9.69. The SMILES string of the molecule is O=C(NC1CCN(Cc2ccc(Cl)cc2)CC1)[C@H]1CC(=O)N(CC(F)(F)F)C1. The largest absolute Gasteiger partial charge is 0.406 e. The number of likely N-dealkylation sites (tertiary alicyclic amines) is 2. The molecule has 1 atom stereocenters. The van der Waals surface area contributed by atoms with Gasteiger partial charge in [0.15, 0.2) is 0 Å². The van der Waals surface area contributed by atoms with Gasteiger partial charge in [-0.2, -0.15) is 13.2 Å². The van der Waals surface area contributed by atoms with Crippen molar-refractivity contribution < 1.29 is 22.8 Å². The zero-order chi connectivity index (χ0) is 20.3. The molecule has 28 heavy (non-hydrogen) atoms. The maximum absolute atomic E-state index is 12.5. The lowest BCUT2D eigenvalue weighted by Gasteiger charge is -2.32. The van der Waals surface area contributed by atoms with Gasteiger partial charge in [0.2, 0.25) is 11.8 Å². The molecule has 0 saturated carbocycles. The number of amides is 2. The van der Waals surface area contributed by atoms with E-state index in [1.807, 2.05) is 24.3 Å². The Balaban J connectivity index is 1.42. The summed E-state index contributed by atoms with van der Waals surface area (Å²) in [6.07, 6.45) is -3.06. The molecule has 154 valence electrons. The fourth-order valence-corrected chi connectivity index (χ4v) is 3.85. The van der Waals surface area contributed by atoms with Gasteiger partial charge < -0.3 is 10.2 Å². The molecule has 0 aliphatic carbocycles. The number of hydrogen-bond acceptors (Lipinski definition) is 3. The second-order valence-corrected chi connectivity index (χ2v) is 7.91. The Kier molecular flexibility index (Phi) is 6.50. The lowest BCUT2D eigenvalue weighted by Crippen LogP contribution is -2.46. The minimum Gasteiger partial charge on any atom is -0.353 e. The van der Waals surface area contributed by atoms with Crippen LogP contribution in [-0.2, 0) is 16.1 Å². The molecule has 9 heteroatoms. The number of halogens is 4. The fraction of sp³-hybridized carbons (Fsp3) is 0.579. The van der Waals surface area contributed by atoms with Gasteiger partial charge in [0.25, 0.3) is 0 Å². The molecule has 5 nitrogen and oxygen atoms in total. The van der Waals surface area contributed by atoms with E-state index < -0.39 is 24.5 Å². The van der Waals surface area contributed by atoms with E-state index in [9.17, 15) is 22.8 Å². The van der Waals surface area contributed by atoms with Crippen molar-refractivity contribution >= 4 is 23.4 Å². The second-order valence-electron chi connectivity index (χ2n) is 7.48. The normalized spacial score (nSPS) is 21.9. The number of piperidine rings is 1. The van der Waals surface area contributed by atoms with Crippen molar-refractivity contribution in [3.63, 3.8) is 0 Å². The number of carbonyl (C=O) groups is 2. The number of hydrogen-bond donors (Lipinski definition) is 1. The third-order valence-electron chi connectivity index (χ3n) is 5.21. The van der Waals surface area contributed by atoms with Crippen LogP contribution >= 0.6 is 11.6 Å². The van der Waals surface area contributed by atoms with Crippen LogP contribution in [-0.4, -0.2) is 60.0 Å². The smallest absolute Gasteiger partial charge is 0.353 e. The lowest BCUT2D eigenvalue weighted by molar-refractivity contribution is -0.157. The summed E-state index contributed by atoms with van der Waals surface area (Å²) in [7, 11) is 0. The monoisotopic (exact) mass is 417 g/mol. The summed E-state index contributed by atoms with van der Waals surface area (Å²) in [5, 5.41) is 3.61. The Bertz CT molecular complexity index is 703. The minimum absolute atomic E-state index is 0.0132. The zero-order valence-electron chi connectivity index (χ0n) is 15.3. The van der Waals surface area contributed by atoms with Gasteiger partial charge in [-0.05, 0) is 30.5 Å². The van der Waals surface area contributed by atoms with Crippen molar-refractivity contribution in [3.05, 3.63) is 34.9 Å². The molecule has 0 spiro atoms. The predicted octanol–water partition coefficient (Wildman–Crippen LogP) is 2.83. The van der Waals surface area contributed by atoms with Crippen molar-refractivity contribution in [1.82, 2.24) is 15.1 Å². The molecule has 1 N–H and O–H groups in total. The van der Waals surface area contributed by atoms with E-state index in [2.05, 4.69) is 10.2 Å². The molecular formula is C19H23ClF3N3O2. The van der Waals surface area contributed by atoms with E-state index in [1.165, 1.54) is 5.56 Å². The summed E-state index contributed by atoms with van der Waals surface area (Å²) in [4.78, 5) is 27.1. The average molecular weight is 418 g/mol. The maximum Gasteiger partial charge on any atom is 0.406 e. The van der Waals surface area contributed by atoms with Crippen LogP contribution in [0.4, 0.5) is 13.2 Å². The third-order valence-corrected chi connectivity index (χ3v) is 5.46. The van der Waals surface area contributed by atoms with Crippen LogP contribution in [0.15, 0.2) is 24.3 Å². The van der Waals surface area contributed by atoms with Crippen LogP contribution in [0.25, 0.3) is 0 Å². The Morgan fingerprint density at radius 1 is 1.18 bits per heavy atom. The van der Waals surface area contributed by atoms with Crippen LogP contribution in [0.1, 0.15) is 24.8 Å². The second kappa shape index (κ2) is 8.69. The molecule has 0 unspecified atom stereocenters. The van der Waals surface area contributed by atoms with Crippen molar-refractivity contribution in [2.75, 3.05) is 26.2 Å². The number of nitrogens with one attached hydrogen (secondary N) is 1. The molecular weight excluding hydrogens is 395 g/mol. The quantitative estimate of drug-likeness (QED) is 0.801. The highest BCUT2D eigenvalue weighted by molar-refractivity contribution is 6.30. The summed E-state index contributed by atoms with van der Waals surface area (Å²) in [6.45, 7) is 0.981. The molecule has 0 bridgehead atoms. The van der Waals surface area contributed by atoms with Crippen molar-refractivity contribution in [2.24, 2.45) is 5.92 Å². The van der Waals surface area contributed by atoms with Gasteiger partial charge in [-0.25, -0.2) is 0 Å². The molecule has 2 aliphatic heterocycles. The summed E-state index contributed by atoms with van der Waals surface area (Å²) in [6, 6.07) is 7.67. The Morgan fingerprint density at radius 2 is 1.82 bits per heavy atom. The molecule has 1 aromatic rings. The van der Waals surface area contributed by atoms with E-state index in [4.69, 9.17) is 11.6 Å². The number of benzene rings is 1. The third kappa shape index (κ3) is 5.85. The van der Waals surface area contributed by atoms with Gasteiger partial charge in [-0.1, -0.05) is 23.7 Å². The molecule has 2 aliphatic rings.